The summed E-state index contributed by atoms with van der Waals surface area (Å²) in [6.07, 6.45) is 7.21. The van der Waals surface area contributed by atoms with Crippen molar-refractivity contribution in [2.24, 2.45) is 11.7 Å². The normalized spacial score (nSPS) is 35.8. The lowest BCUT2D eigenvalue weighted by molar-refractivity contribution is 0.0827. The highest BCUT2D eigenvalue weighted by Gasteiger charge is 2.42. The third-order valence-corrected chi connectivity index (χ3v) is 7.23. The van der Waals surface area contributed by atoms with Crippen LogP contribution in [0.25, 0.3) is 0 Å². The fourth-order valence-electron chi connectivity index (χ4n) is 5.73. The monoisotopic (exact) mass is 360 g/mol. The Bertz CT molecular complexity index is 727. The number of hydrogen-bond acceptors (Lipinski definition) is 3. The number of rotatable bonds is 2. The van der Waals surface area contributed by atoms with Crippen molar-refractivity contribution in [3.05, 3.63) is 27.8 Å². The molecule has 1 aromatic rings. The lowest BCUT2D eigenvalue weighted by Crippen LogP contribution is -2.46. The molecule has 3 saturated heterocycles. The van der Waals surface area contributed by atoms with Gasteiger partial charge in [0.05, 0.1) is 11.7 Å². The molecule has 1 amide bonds. The Morgan fingerprint density at radius 2 is 2.00 bits per heavy atom. The molecule has 0 spiro atoms. The maximum absolute atomic E-state index is 12.0. The van der Waals surface area contributed by atoms with Gasteiger partial charge in [-0.1, -0.05) is 11.6 Å². The van der Waals surface area contributed by atoms with Crippen molar-refractivity contribution in [2.75, 3.05) is 19.6 Å². The van der Waals surface area contributed by atoms with Gasteiger partial charge in [-0.2, -0.15) is 0 Å². The van der Waals surface area contributed by atoms with E-state index in [0.29, 0.717) is 23.3 Å². The molecule has 4 fully saturated rings. The Morgan fingerprint density at radius 1 is 1.20 bits per heavy atom. The van der Waals surface area contributed by atoms with Crippen LogP contribution in [0.3, 0.4) is 0 Å². The van der Waals surface area contributed by atoms with Gasteiger partial charge in [-0.05, 0) is 75.1 Å². The Balaban J connectivity index is 1.69. The van der Waals surface area contributed by atoms with E-state index in [4.69, 9.17) is 22.1 Å². The first-order chi connectivity index (χ1) is 12.1. The van der Waals surface area contributed by atoms with Crippen LogP contribution in [0.5, 0.6) is 5.75 Å². The number of piperidine rings is 3. The molecule has 4 aliphatic heterocycles. The smallest absolute Gasteiger partial charge is 0.252 e. The summed E-state index contributed by atoms with van der Waals surface area (Å²) in [7, 11) is 0. The van der Waals surface area contributed by atoms with Crippen molar-refractivity contribution < 1.29 is 9.53 Å². The molecular formula is C20H25ClN2O2. The van der Waals surface area contributed by atoms with Gasteiger partial charge in [-0.3, -0.25) is 4.79 Å². The third kappa shape index (κ3) is 2.48. The fraction of sp³-hybridized carbons (Fsp3) is 0.650. The Morgan fingerprint density at radius 3 is 2.68 bits per heavy atom. The number of benzene rings is 1. The van der Waals surface area contributed by atoms with E-state index in [0.717, 1.165) is 30.2 Å². The number of amides is 1. The van der Waals surface area contributed by atoms with Crippen LogP contribution >= 0.6 is 11.6 Å². The molecule has 25 heavy (non-hydrogen) atoms. The SMILES string of the molecule is NC(=O)c1cc(Cl)c(C2CN3CCC2CC3)c2c1O[C@H]1CCC[C@@H]2C1. The molecule has 1 aliphatic carbocycles. The van der Waals surface area contributed by atoms with Gasteiger partial charge in [0.2, 0.25) is 0 Å². The predicted molar refractivity (Wildman–Crippen MR) is 97.5 cm³/mol. The highest BCUT2D eigenvalue weighted by molar-refractivity contribution is 6.32. The molecule has 4 heterocycles. The Hall–Kier alpha value is -1.26. The summed E-state index contributed by atoms with van der Waals surface area (Å²) in [5, 5.41) is 0.721. The maximum Gasteiger partial charge on any atom is 0.252 e. The van der Waals surface area contributed by atoms with Crippen LogP contribution in [0.1, 0.15) is 71.8 Å². The fourth-order valence-corrected chi connectivity index (χ4v) is 6.08. The van der Waals surface area contributed by atoms with Gasteiger partial charge in [-0.25, -0.2) is 0 Å². The second-order valence-corrected chi connectivity index (χ2v) is 8.68. The molecular weight excluding hydrogens is 336 g/mol. The van der Waals surface area contributed by atoms with Crippen LogP contribution in [-0.4, -0.2) is 36.5 Å². The Labute approximate surface area is 153 Å². The molecule has 0 aromatic heterocycles. The van der Waals surface area contributed by atoms with E-state index in [9.17, 15) is 4.79 Å². The Kier molecular flexibility index (Phi) is 3.75. The van der Waals surface area contributed by atoms with Gasteiger partial charge in [0.15, 0.2) is 0 Å². The number of fused-ring (bicyclic) bond motifs is 7. The zero-order chi connectivity index (χ0) is 17.1. The number of halogens is 1. The van der Waals surface area contributed by atoms with E-state index >= 15 is 0 Å². The highest BCUT2D eigenvalue weighted by atomic mass is 35.5. The molecule has 5 aliphatic rings. The number of carbonyl (C=O) groups is 1. The van der Waals surface area contributed by atoms with E-state index in [1.807, 2.05) is 0 Å². The summed E-state index contributed by atoms with van der Waals surface area (Å²) in [5.41, 5.74) is 8.62. The summed E-state index contributed by atoms with van der Waals surface area (Å²) < 4.78 is 6.29. The van der Waals surface area contributed by atoms with Crippen molar-refractivity contribution in [3.8, 4) is 5.75 Å². The molecule has 0 radical (unpaired) electrons. The standard InChI is InChI=1S/C20H25ClN2O2/c21-16-9-14(20(22)24)19-17(12-2-1-3-13(8-12)25-19)18(16)15-10-23-6-4-11(15)5-7-23/h9,11-13,15H,1-8,10H2,(H2,22,24)/t12-,13+,15?/m1/s1. The summed E-state index contributed by atoms with van der Waals surface area (Å²) in [6.45, 7) is 3.51. The second-order valence-electron chi connectivity index (χ2n) is 8.27. The van der Waals surface area contributed by atoms with Crippen molar-refractivity contribution in [1.82, 2.24) is 4.90 Å². The number of nitrogens with zero attached hydrogens (tertiary/aromatic N) is 1. The minimum absolute atomic E-state index is 0.227. The second kappa shape index (κ2) is 5.88. The molecule has 1 saturated carbocycles. The van der Waals surface area contributed by atoms with E-state index in [1.54, 1.807) is 6.07 Å². The first-order valence-corrected chi connectivity index (χ1v) is 10.0. The first kappa shape index (κ1) is 16.0. The number of hydrogen-bond donors (Lipinski definition) is 1. The van der Waals surface area contributed by atoms with Gasteiger partial charge in [0.1, 0.15) is 5.75 Å². The van der Waals surface area contributed by atoms with Crippen LogP contribution in [0, 0.1) is 5.92 Å². The molecule has 1 aromatic carbocycles. The molecule has 1 unspecified atom stereocenters. The van der Waals surface area contributed by atoms with Gasteiger partial charge in [-0.15, -0.1) is 0 Å². The van der Waals surface area contributed by atoms with E-state index in [-0.39, 0.29) is 6.10 Å². The summed E-state index contributed by atoms with van der Waals surface area (Å²) in [5.74, 6) is 1.95. The summed E-state index contributed by atoms with van der Waals surface area (Å²) in [6, 6.07) is 1.77. The summed E-state index contributed by atoms with van der Waals surface area (Å²) in [4.78, 5) is 14.6. The summed E-state index contributed by atoms with van der Waals surface area (Å²) >= 11 is 6.78. The number of nitrogens with two attached hydrogens (primary N) is 1. The van der Waals surface area contributed by atoms with Crippen LogP contribution in [0.2, 0.25) is 5.02 Å². The number of carbonyl (C=O) groups excluding carboxylic acids is 1. The van der Waals surface area contributed by atoms with Gasteiger partial charge in [0, 0.05) is 23.0 Å². The number of ether oxygens (including phenoxy) is 1. The zero-order valence-corrected chi connectivity index (χ0v) is 15.2. The third-order valence-electron chi connectivity index (χ3n) is 6.92. The van der Waals surface area contributed by atoms with E-state index in [2.05, 4.69) is 4.90 Å². The lowest BCUT2D eigenvalue weighted by Gasteiger charge is -2.47. The van der Waals surface area contributed by atoms with Gasteiger partial charge >= 0.3 is 0 Å². The molecule has 4 nitrogen and oxygen atoms in total. The molecule has 2 N–H and O–H groups in total. The average molecular weight is 361 g/mol. The molecule has 5 heteroatoms. The quantitative estimate of drug-likeness (QED) is 0.875. The average Bonchev–Trinajstić information content (AvgIpc) is 2.62. The molecule has 134 valence electrons. The van der Waals surface area contributed by atoms with Gasteiger partial charge in [0.25, 0.3) is 5.91 Å². The minimum Gasteiger partial charge on any atom is -0.489 e. The van der Waals surface area contributed by atoms with Crippen LogP contribution in [0.4, 0.5) is 0 Å². The topological polar surface area (TPSA) is 55.6 Å². The van der Waals surface area contributed by atoms with Crippen molar-refractivity contribution >= 4 is 17.5 Å². The van der Waals surface area contributed by atoms with E-state index in [1.165, 1.54) is 49.9 Å². The zero-order valence-electron chi connectivity index (χ0n) is 14.5. The minimum atomic E-state index is -0.432. The lowest BCUT2D eigenvalue weighted by atomic mass is 9.69. The molecule has 3 atom stereocenters. The molecule has 4 bridgehead atoms. The maximum atomic E-state index is 12.0. The first-order valence-electron chi connectivity index (χ1n) is 9.67. The molecule has 6 rings (SSSR count). The van der Waals surface area contributed by atoms with Gasteiger partial charge < -0.3 is 15.4 Å². The largest absolute Gasteiger partial charge is 0.489 e. The van der Waals surface area contributed by atoms with Crippen molar-refractivity contribution in [2.45, 2.75) is 56.5 Å². The van der Waals surface area contributed by atoms with Crippen molar-refractivity contribution in [3.63, 3.8) is 0 Å². The van der Waals surface area contributed by atoms with E-state index < -0.39 is 5.91 Å². The van der Waals surface area contributed by atoms with Crippen LogP contribution in [-0.2, 0) is 0 Å². The van der Waals surface area contributed by atoms with Crippen LogP contribution in [0.15, 0.2) is 6.07 Å². The van der Waals surface area contributed by atoms with Crippen molar-refractivity contribution in [1.29, 1.82) is 0 Å². The van der Waals surface area contributed by atoms with Crippen LogP contribution < -0.4 is 10.5 Å². The highest BCUT2D eigenvalue weighted by Crippen LogP contribution is 2.53. The predicted octanol–water partition coefficient (Wildman–Crippen LogP) is 3.67. The number of primary amides is 1.